The van der Waals surface area contributed by atoms with Crippen molar-refractivity contribution in [2.24, 2.45) is 0 Å². The first-order chi connectivity index (χ1) is 7.84. The Labute approximate surface area is 97.8 Å². The standard InChI is InChI=1S/C14H20N2/c1-12-5-4-8-14(16-12)11-15-10-9-13-6-2-3-7-13/h4-6,8,15H,2-3,7,9-11H2,1H3. The maximum Gasteiger partial charge on any atom is 0.0544 e. The Hall–Kier alpha value is -1.15. The Kier molecular flexibility index (Phi) is 4.11. The molecule has 1 aliphatic carbocycles. The van der Waals surface area contributed by atoms with Crippen LogP contribution in [-0.4, -0.2) is 11.5 Å². The number of aromatic nitrogens is 1. The van der Waals surface area contributed by atoms with Crippen LogP contribution in [0.2, 0.25) is 0 Å². The van der Waals surface area contributed by atoms with Crippen molar-refractivity contribution in [3.8, 4) is 0 Å². The minimum atomic E-state index is 0.884. The second-order valence-corrected chi connectivity index (χ2v) is 4.45. The van der Waals surface area contributed by atoms with Gasteiger partial charge in [0.25, 0.3) is 0 Å². The summed E-state index contributed by atoms with van der Waals surface area (Å²) in [5.74, 6) is 0. The molecule has 0 aromatic carbocycles. The molecule has 1 aromatic heterocycles. The summed E-state index contributed by atoms with van der Waals surface area (Å²) in [6.07, 6.45) is 7.55. The third kappa shape index (κ3) is 3.46. The van der Waals surface area contributed by atoms with Gasteiger partial charge in [0, 0.05) is 12.2 Å². The van der Waals surface area contributed by atoms with Crippen molar-refractivity contribution in [3.63, 3.8) is 0 Å². The van der Waals surface area contributed by atoms with Crippen LogP contribution < -0.4 is 5.32 Å². The number of aryl methyl sites for hydroxylation is 1. The molecule has 0 unspecified atom stereocenters. The van der Waals surface area contributed by atoms with E-state index in [2.05, 4.69) is 28.5 Å². The molecule has 86 valence electrons. The molecule has 16 heavy (non-hydrogen) atoms. The summed E-state index contributed by atoms with van der Waals surface area (Å²) in [7, 11) is 0. The zero-order valence-corrected chi connectivity index (χ0v) is 10.00. The molecule has 0 fully saturated rings. The molecular formula is C14H20N2. The van der Waals surface area contributed by atoms with Crippen molar-refractivity contribution in [2.45, 2.75) is 39.2 Å². The maximum absolute atomic E-state index is 4.47. The van der Waals surface area contributed by atoms with Gasteiger partial charge in [0.05, 0.1) is 5.69 Å². The highest BCUT2D eigenvalue weighted by atomic mass is 14.9. The van der Waals surface area contributed by atoms with Crippen LogP contribution in [0.5, 0.6) is 0 Å². The third-order valence-electron chi connectivity index (χ3n) is 3.01. The fraction of sp³-hybridized carbons (Fsp3) is 0.500. The van der Waals surface area contributed by atoms with E-state index in [4.69, 9.17) is 0 Å². The molecule has 1 N–H and O–H groups in total. The molecule has 0 amide bonds. The van der Waals surface area contributed by atoms with E-state index in [1.54, 1.807) is 5.57 Å². The normalized spacial score (nSPS) is 15.2. The summed E-state index contributed by atoms with van der Waals surface area (Å²) in [5, 5.41) is 3.45. The van der Waals surface area contributed by atoms with Crippen LogP contribution in [0, 0.1) is 6.92 Å². The van der Waals surface area contributed by atoms with Crippen molar-refractivity contribution in [1.82, 2.24) is 10.3 Å². The highest BCUT2D eigenvalue weighted by Crippen LogP contribution is 2.19. The monoisotopic (exact) mass is 216 g/mol. The Morgan fingerprint density at radius 1 is 1.38 bits per heavy atom. The second-order valence-electron chi connectivity index (χ2n) is 4.45. The van der Waals surface area contributed by atoms with E-state index in [-0.39, 0.29) is 0 Å². The molecule has 2 nitrogen and oxygen atoms in total. The highest BCUT2D eigenvalue weighted by molar-refractivity contribution is 5.10. The molecule has 0 atom stereocenters. The average molecular weight is 216 g/mol. The SMILES string of the molecule is Cc1cccc(CNCCC2=CCCC2)n1. The van der Waals surface area contributed by atoms with Crippen LogP contribution >= 0.6 is 0 Å². The van der Waals surface area contributed by atoms with Gasteiger partial charge in [-0.15, -0.1) is 0 Å². The fourth-order valence-electron chi connectivity index (χ4n) is 2.13. The summed E-state index contributed by atoms with van der Waals surface area (Å²) in [5.41, 5.74) is 3.86. The van der Waals surface area contributed by atoms with E-state index in [0.29, 0.717) is 0 Å². The molecule has 0 aliphatic heterocycles. The first-order valence-electron chi connectivity index (χ1n) is 6.16. The molecule has 0 saturated heterocycles. The molecule has 2 heteroatoms. The number of nitrogens with one attached hydrogen (secondary N) is 1. The van der Waals surface area contributed by atoms with Crippen molar-refractivity contribution in [3.05, 3.63) is 41.2 Å². The van der Waals surface area contributed by atoms with Gasteiger partial charge in [-0.05, 0) is 51.3 Å². The molecule has 1 heterocycles. The third-order valence-corrected chi connectivity index (χ3v) is 3.01. The predicted molar refractivity (Wildman–Crippen MR) is 67.2 cm³/mol. The average Bonchev–Trinajstić information content (AvgIpc) is 2.77. The summed E-state index contributed by atoms with van der Waals surface area (Å²) in [6, 6.07) is 6.18. The van der Waals surface area contributed by atoms with Gasteiger partial charge in [-0.25, -0.2) is 0 Å². The quantitative estimate of drug-likeness (QED) is 0.604. The molecule has 0 bridgehead atoms. The largest absolute Gasteiger partial charge is 0.311 e. The van der Waals surface area contributed by atoms with Gasteiger partial charge in [-0.2, -0.15) is 0 Å². The van der Waals surface area contributed by atoms with Crippen LogP contribution in [0.15, 0.2) is 29.8 Å². The van der Waals surface area contributed by atoms with Gasteiger partial charge in [-0.3, -0.25) is 4.98 Å². The van der Waals surface area contributed by atoms with Crippen molar-refractivity contribution < 1.29 is 0 Å². The predicted octanol–water partition coefficient (Wildman–Crippen LogP) is 2.98. The molecule has 2 rings (SSSR count). The lowest BCUT2D eigenvalue weighted by Crippen LogP contribution is -2.16. The van der Waals surface area contributed by atoms with Crippen LogP contribution in [0.4, 0.5) is 0 Å². The first-order valence-corrected chi connectivity index (χ1v) is 6.16. The van der Waals surface area contributed by atoms with Crippen molar-refractivity contribution in [1.29, 1.82) is 0 Å². The fourth-order valence-corrected chi connectivity index (χ4v) is 2.13. The van der Waals surface area contributed by atoms with Gasteiger partial charge >= 0.3 is 0 Å². The molecule has 0 spiro atoms. The Bertz CT molecular complexity index is 369. The number of allylic oxidation sites excluding steroid dienone is 1. The highest BCUT2D eigenvalue weighted by Gasteiger charge is 2.03. The number of rotatable bonds is 5. The summed E-state index contributed by atoms with van der Waals surface area (Å²) < 4.78 is 0. The minimum absolute atomic E-state index is 0.884. The zero-order chi connectivity index (χ0) is 11.2. The van der Waals surface area contributed by atoms with E-state index in [1.807, 2.05) is 13.0 Å². The summed E-state index contributed by atoms with van der Waals surface area (Å²) in [6.45, 7) is 3.99. The maximum atomic E-state index is 4.47. The zero-order valence-electron chi connectivity index (χ0n) is 10.00. The lowest BCUT2D eigenvalue weighted by Gasteiger charge is -2.05. The van der Waals surface area contributed by atoms with Gasteiger partial charge in [0.1, 0.15) is 0 Å². The van der Waals surface area contributed by atoms with E-state index in [0.717, 1.165) is 24.5 Å². The Balaban J connectivity index is 1.68. The van der Waals surface area contributed by atoms with Gasteiger partial charge in [0.15, 0.2) is 0 Å². The molecule has 1 aliphatic rings. The summed E-state index contributed by atoms with van der Waals surface area (Å²) >= 11 is 0. The van der Waals surface area contributed by atoms with Crippen LogP contribution in [-0.2, 0) is 6.54 Å². The Morgan fingerprint density at radius 2 is 2.31 bits per heavy atom. The van der Waals surface area contributed by atoms with E-state index in [1.165, 1.54) is 25.7 Å². The Morgan fingerprint density at radius 3 is 3.06 bits per heavy atom. The van der Waals surface area contributed by atoms with Crippen molar-refractivity contribution >= 4 is 0 Å². The lowest BCUT2D eigenvalue weighted by atomic mass is 10.2. The number of hydrogen-bond donors (Lipinski definition) is 1. The molecule has 1 aromatic rings. The van der Waals surface area contributed by atoms with E-state index in [9.17, 15) is 0 Å². The number of hydrogen-bond acceptors (Lipinski definition) is 2. The van der Waals surface area contributed by atoms with Crippen LogP contribution in [0.3, 0.4) is 0 Å². The first kappa shape index (κ1) is 11.3. The van der Waals surface area contributed by atoms with Gasteiger partial charge < -0.3 is 5.32 Å². The number of pyridine rings is 1. The van der Waals surface area contributed by atoms with E-state index < -0.39 is 0 Å². The smallest absolute Gasteiger partial charge is 0.0544 e. The minimum Gasteiger partial charge on any atom is -0.311 e. The van der Waals surface area contributed by atoms with Crippen molar-refractivity contribution in [2.75, 3.05) is 6.54 Å². The topological polar surface area (TPSA) is 24.9 Å². The van der Waals surface area contributed by atoms with Crippen LogP contribution in [0.25, 0.3) is 0 Å². The number of nitrogens with zero attached hydrogens (tertiary/aromatic N) is 1. The lowest BCUT2D eigenvalue weighted by molar-refractivity contribution is 0.664. The van der Waals surface area contributed by atoms with E-state index >= 15 is 0 Å². The second kappa shape index (κ2) is 5.80. The van der Waals surface area contributed by atoms with Gasteiger partial charge in [0.2, 0.25) is 0 Å². The molecule has 0 radical (unpaired) electrons. The molecule has 0 saturated carbocycles. The van der Waals surface area contributed by atoms with Crippen LogP contribution in [0.1, 0.15) is 37.1 Å². The summed E-state index contributed by atoms with van der Waals surface area (Å²) in [4.78, 5) is 4.47. The van der Waals surface area contributed by atoms with Gasteiger partial charge in [-0.1, -0.05) is 17.7 Å². The molecular weight excluding hydrogens is 196 g/mol.